The lowest BCUT2D eigenvalue weighted by atomic mass is 10.3. The lowest BCUT2D eigenvalue weighted by Gasteiger charge is -2.10. The molecule has 4 heteroatoms. The number of nitrogens with one attached hydrogen (secondary N) is 1. The second kappa shape index (κ2) is 5.00. The van der Waals surface area contributed by atoms with Crippen molar-refractivity contribution < 1.29 is 0 Å². The summed E-state index contributed by atoms with van der Waals surface area (Å²) >= 11 is 1.72. The summed E-state index contributed by atoms with van der Waals surface area (Å²) in [5.41, 5.74) is 6.03. The molecule has 14 heavy (non-hydrogen) atoms. The van der Waals surface area contributed by atoms with Crippen molar-refractivity contribution in [2.75, 3.05) is 0 Å². The van der Waals surface area contributed by atoms with Gasteiger partial charge < -0.3 is 5.73 Å². The second-order valence-electron chi connectivity index (χ2n) is 3.10. The molecule has 0 saturated heterocycles. The third-order valence-electron chi connectivity index (χ3n) is 1.93. The van der Waals surface area contributed by atoms with E-state index < -0.39 is 0 Å². The van der Waals surface area contributed by atoms with Crippen LogP contribution in [0, 0.1) is 5.41 Å². The van der Waals surface area contributed by atoms with E-state index in [1.54, 1.807) is 18.0 Å². The summed E-state index contributed by atoms with van der Waals surface area (Å²) in [5, 5.41) is 7.90. The molecule has 1 atom stereocenters. The van der Waals surface area contributed by atoms with Gasteiger partial charge in [-0.05, 0) is 18.6 Å². The molecule has 0 aliphatic rings. The van der Waals surface area contributed by atoms with E-state index >= 15 is 0 Å². The Labute approximate surface area is 88.6 Å². The van der Waals surface area contributed by atoms with Gasteiger partial charge in [-0.3, -0.25) is 10.4 Å². The van der Waals surface area contributed by atoms with Crippen molar-refractivity contribution in [1.82, 2.24) is 4.98 Å². The molecule has 1 unspecified atom stereocenters. The van der Waals surface area contributed by atoms with E-state index in [1.165, 1.54) is 0 Å². The second-order valence-corrected chi connectivity index (χ2v) is 4.58. The van der Waals surface area contributed by atoms with Crippen LogP contribution in [0.3, 0.4) is 0 Å². The van der Waals surface area contributed by atoms with Crippen molar-refractivity contribution in [3.63, 3.8) is 0 Å². The Balaban J connectivity index is 2.90. The van der Waals surface area contributed by atoms with E-state index in [0.717, 1.165) is 11.3 Å². The van der Waals surface area contributed by atoms with Crippen molar-refractivity contribution in [1.29, 1.82) is 5.41 Å². The van der Waals surface area contributed by atoms with Crippen LogP contribution in [0.4, 0.5) is 0 Å². The SMILES string of the molecule is CCC(C)Sc1cccnc1C(=N)N. The fourth-order valence-corrected chi connectivity index (χ4v) is 2.02. The molecule has 76 valence electrons. The van der Waals surface area contributed by atoms with Gasteiger partial charge in [0.15, 0.2) is 0 Å². The quantitative estimate of drug-likeness (QED) is 0.454. The highest BCUT2D eigenvalue weighted by atomic mass is 32.2. The molecule has 0 aromatic carbocycles. The number of nitrogens with zero attached hydrogens (tertiary/aromatic N) is 1. The molecule has 0 aliphatic carbocycles. The molecule has 0 spiro atoms. The van der Waals surface area contributed by atoms with Crippen LogP contribution in [0.25, 0.3) is 0 Å². The minimum Gasteiger partial charge on any atom is -0.382 e. The molecule has 0 aliphatic heterocycles. The third-order valence-corrected chi connectivity index (χ3v) is 3.25. The van der Waals surface area contributed by atoms with Gasteiger partial charge in [-0.15, -0.1) is 11.8 Å². The van der Waals surface area contributed by atoms with Gasteiger partial charge in [0.25, 0.3) is 0 Å². The Morgan fingerprint density at radius 2 is 2.43 bits per heavy atom. The van der Waals surface area contributed by atoms with E-state index in [2.05, 4.69) is 18.8 Å². The van der Waals surface area contributed by atoms with Crippen LogP contribution >= 0.6 is 11.8 Å². The fraction of sp³-hybridized carbons (Fsp3) is 0.400. The Morgan fingerprint density at radius 3 is 3.00 bits per heavy atom. The number of nitrogen functional groups attached to an aromatic ring is 1. The Hall–Kier alpha value is -1.03. The molecular weight excluding hydrogens is 194 g/mol. The number of pyridine rings is 1. The van der Waals surface area contributed by atoms with Crippen LogP contribution in [0.2, 0.25) is 0 Å². The van der Waals surface area contributed by atoms with Crippen LogP contribution in [-0.2, 0) is 0 Å². The highest BCUT2D eigenvalue weighted by molar-refractivity contribution is 8.00. The number of nitrogens with two attached hydrogens (primary N) is 1. The smallest absolute Gasteiger partial charge is 0.142 e. The molecule has 1 aromatic heterocycles. The van der Waals surface area contributed by atoms with Gasteiger partial charge in [-0.2, -0.15) is 0 Å². The minimum absolute atomic E-state index is 0.0383. The highest BCUT2D eigenvalue weighted by Crippen LogP contribution is 2.26. The molecule has 3 N–H and O–H groups in total. The van der Waals surface area contributed by atoms with Gasteiger partial charge >= 0.3 is 0 Å². The molecule has 0 bridgehead atoms. The van der Waals surface area contributed by atoms with Gasteiger partial charge in [0.2, 0.25) is 0 Å². The van der Waals surface area contributed by atoms with Crippen molar-refractivity contribution in [2.45, 2.75) is 30.4 Å². The van der Waals surface area contributed by atoms with Gasteiger partial charge in [-0.25, -0.2) is 0 Å². The number of hydrogen-bond donors (Lipinski definition) is 2. The predicted molar refractivity (Wildman–Crippen MR) is 60.9 cm³/mol. The Bertz CT molecular complexity index is 325. The fourth-order valence-electron chi connectivity index (χ4n) is 0.988. The van der Waals surface area contributed by atoms with Crippen LogP contribution < -0.4 is 5.73 Å². The van der Waals surface area contributed by atoms with E-state index in [4.69, 9.17) is 11.1 Å². The molecule has 1 rings (SSSR count). The molecule has 3 nitrogen and oxygen atoms in total. The molecule has 0 radical (unpaired) electrons. The van der Waals surface area contributed by atoms with Gasteiger partial charge in [0.1, 0.15) is 11.5 Å². The number of hydrogen-bond acceptors (Lipinski definition) is 3. The first kappa shape index (κ1) is 11.0. The molecule has 0 amide bonds. The number of amidine groups is 1. The van der Waals surface area contributed by atoms with Crippen molar-refractivity contribution in [3.05, 3.63) is 24.0 Å². The maximum absolute atomic E-state index is 7.38. The maximum Gasteiger partial charge on any atom is 0.142 e. The zero-order valence-electron chi connectivity index (χ0n) is 8.45. The molecular formula is C10H15N3S. The Morgan fingerprint density at radius 1 is 1.71 bits per heavy atom. The van der Waals surface area contributed by atoms with Gasteiger partial charge in [0, 0.05) is 16.3 Å². The summed E-state index contributed by atoms with van der Waals surface area (Å²) in [6.45, 7) is 4.29. The van der Waals surface area contributed by atoms with Gasteiger partial charge in [0.05, 0.1) is 0 Å². The van der Waals surface area contributed by atoms with Crippen molar-refractivity contribution in [2.24, 2.45) is 5.73 Å². The standard InChI is InChI=1S/C10H15N3S/c1-3-7(2)14-8-5-4-6-13-9(8)10(11)12/h4-7H,3H2,1-2H3,(H3,11,12). The zero-order chi connectivity index (χ0) is 10.6. The minimum atomic E-state index is 0.0383. The molecule has 0 fully saturated rings. The molecule has 1 heterocycles. The largest absolute Gasteiger partial charge is 0.382 e. The third kappa shape index (κ3) is 2.73. The van der Waals surface area contributed by atoms with E-state index in [9.17, 15) is 0 Å². The van der Waals surface area contributed by atoms with Crippen molar-refractivity contribution >= 4 is 17.6 Å². The summed E-state index contributed by atoms with van der Waals surface area (Å²) in [6.07, 6.45) is 2.76. The summed E-state index contributed by atoms with van der Waals surface area (Å²) < 4.78 is 0. The summed E-state index contributed by atoms with van der Waals surface area (Å²) in [6, 6.07) is 3.83. The first-order valence-electron chi connectivity index (χ1n) is 4.61. The summed E-state index contributed by atoms with van der Waals surface area (Å²) in [7, 11) is 0. The van der Waals surface area contributed by atoms with Crippen LogP contribution in [-0.4, -0.2) is 16.1 Å². The van der Waals surface area contributed by atoms with Crippen LogP contribution in [0.5, 0.6) is 0 Å². The van der Waals surface area contributed by atoms with E-state index in [0.29, 0.717) is 10.9 Å². The number of thioether (sulfide) groups is 1. The predicted octanol–water partition coefficient (Wildman–Crippen LogP) is 2.26. The topological polar surface area (TPSA) is 62.8 Å². The first-order valence-corrected chi connectivity index (χ1v) is 5.49. The summed E-state index contributed by atoms with van der Waals surface area (Å²) in [4.78, 5) is 5.09. The maximum atomic E-state index is 7.38. The normalized spacial score (nSPS) is 12.4. The van der Waals surface area contributed by atoms with E-state index in [1.807, 2.05) is 12.1 Å². The monoisotopic (exact) mass is 209 g/mol. The average molecular weight is 209 g/mol. The average Bonchev–Trinajstić information content (AvgIpc) is 2.18. The van der Waals surface area contributed by atoms with Crippen LogP contribution in [0.15, 0.2) is 23.2 Å². The highest BCUT2D eigenvalue weighted by Gasteiger charge is 2.09. The van der Waals surface area contributed by atoms with Crippen molar-refractivity contribution in [3.8, 4) is 0 Å². The zero-order valence-corrected chi connectivity index (χ0v) is 9.27. The number of aromatic nitrogens is 1. The van der Waals surface area contributed by atoms with Crippen LogP contribution in [0.1, 0.15) is 26.0 Å². The number of rotatable bonds is 4. The lowest BCUT2D eigenvalue weighted by molar-refractivity contribution is 0.904. The lowest BCUT2D eigenvalue weighted by Crippen LogP contribution is -2.14. The molecule has 1 aromatic rings. The van der Waals surface area contributed by atoms with E-state index in [-0.39, 0.29) is 5.84 Å². The first-order chi connectivity index (χ1) is 6.65. The summed E-state index contributed by atoms with van der Waals surface area (Å²) in [5.74, 6) is 0.0383. The molecule has 0 saturated carbocycles. The van der Waals surface area contributed by atoms with Gasteiger partial charge in [-0.1, -0.05) is 13.8 Å². The Kier molecular flexibility index (Phi) is 3.95.